The van der Waals surface area contributed by atoms with Gasteiger partial charge in [-0.05, 0) is 42.4 Å². The Hall–Kier alpha value is -1.43. The predicted molar refractivity (Wildman–Crippen MR) is 80.6 cm³/mol. The average molecular weight is 287 g/mol. The van der Waals surface area contributed by atoms with Crippen molar-refractivity contribution in [2.45, 2.75) is 22.8 Å². The largest absolute Gasteiger partial charge is 0.326 e. The molecule has 3 aromatic rings. The van der Waals surface area contributed by atoms with Crippen molar-refractivity contribution in [1.29, 1.82) is 0 Å². The van der Waals surface area contributed by atoms with Crippen LogP contribution in [0.4, 0.5) is 0 Å². The fourth-order valence-corrected chi connectivity index (χ4v) is 4.04. The zero-order chi connectivity index (χ0) is 13.2. The van der Waals surface area contributed by atoms with Gasteiger partial charge in [0.2, 0.25) is 0 Å². The third-order valence-corrected chi connectivity index (χ3v) is 5.05. The zero-order valence-electron chi connectivity index (χ0n) is 10.5. The number of thiazole rings is 1. The van der Waals surface area contributed by atoms with Crippen LogP contribution in [0.15, 0.2) is 45.9 Å². The van der Waals surface area contributed by atoms with Crippen LogP contribution in [0.2, 0.25) is 0 Å². The van der Waals surface area contributed by atoms with E-state index >= 15 is 0 Å². The highest BCUT2D eigenvalue weighted by Gasteiger charge is 2.10. The van der Waals surface area contributed by atoms with Crippen molar-refractivity contribution in [3.8, 4) is 0 Å². The third kappa shape index (κ3) is 2.49. The molecule has 0 spiro atoms. The molecule has 2 heterocycles. The van der Waals surface area contributed by atoms with Gasteiger partial charge >= 0.3 is 0 Å². The minimum Gasteiger partial charge on any atom is -0.326 e. The lowest BCUT2D eigenvalue weighted by molar-refractivity contribution is 0.942. The Balaban J connectivity index is 1.99. The molecule has 0 atom stereocenters. The highest BCUT2D eigenvalue weighted by atomic mass is 32.2. The molecule has 0 aliphatic carbocycles. The van der Waals surface area contributed by atoms with E-state index < -0.39 is 0 Å². The van der Waals surface area contributed by atoms with Gasteiger partial charge in [-0.15, -0.1) is 11.3 Å². The molecule has 96 valence electrons. The monoisotopic (exact) mass is 287 g/mol. The summed E-state index contributed by atoms with van der Waals surface area (Å²) in [5, 5.41) is 0.960. The van der Waals surface area contributed by atoms with Gasteiger partial charge in [-0.1, -0.05) is 12.1 Å². The van der Waals surface area contributed by atoms with Crippen molar-refractivity contribution in [2.24, 2.45) is 5.73 Å². The van der Waals surface area contributed by atoms with Crippen LogP contribution in [0.25, 0.3) is 10.2 Å². The first-order chi connectivity index (χ1) is 9.28. The number of fused-ring (bicyclic) bond motifs is 1. The number of aryl methyl sites for hydroxylation is 1. The van der Waals surface area contributed by atoms with E-state index in [1.165, 1.54) is 10.3 Å². The van der Waals surface area contributed by atoms with Crippen LogP contribution in [0.3, 0.4) is 0 Å². The van der Waals surface area contributed by atoms with Gasteiger partial charge in [0.05, 0.1) is 10.2 Å². The Morgan fingerprint density at radius 2 is 2.11 bits per heavy atom. The van der Waals surface area contributed by atoms with Gasteiger partial charge in [0.15, 0.2) is 4.34 Å². The van der Waals surface area contributed by atoms with E-state index in [-0.39, 0.29) is 0 Å². The van der Waals surface area contributed by atoms with E-state index in [2.05, 4.69) is 23.0 Å². The van der Waals surface area contributed by atoms with Gasteiger partial charge in [0.25, 0.3) is 0 Å². The molecule has 0 aliphatic rings. The zero-order valence-corrected chi connectivity index (χ0v) is 12.1. The Bertz CT molecular complexity index is 689. The topological polar surface area (TPSA) is 51.8 Å². The molecule has 3 nitrogen and oxygen atoms in total. The van der Waals surface area contributed by atoms with Crippen molar-refractivity contribution in [3.63, 3.8) is 0 Å². The highest BCUT2D eigenvalue weighted by molar-refractivity contribution is 8.01. The quantitative estimate of drug-likeness (QED) is 0.799. The highest BCUT2D eigenvalue weighted by Crippen LogP contribution is 2.35. The van der Waals surface area contributed by atoms with Gasteiger partial charge < -0.3 is 5.73 Å². The maximum absolute atomic E-state index is 5.81. The van der Waals surface area contributed by atoms with Crippen LogP contribution in [-0.2, 0) is 6.54 Å². The fraction of sp³-hybridized carbons (Fsp3) is 0.143. The summed E-state index contributed by atoms with van der Waals surface area (Å²) in [6.45, 7) is 2.57. The molecule has 19 heavy (non-hydrogen) atoms. The van der Waals surface area contributed by atoms with Gasteiger partial charge in [-0.25, -0.2) is 9.97 Å². The van der Waals surface area contributed by atoms with Gasteiger partial charge in [-0.2, -0.15) is 0 Å². The van der Waals surface area contributed by atoms with Crippen molar-refractivity contribution in [1.82, 2.24) is 9.97 Å². The Morgan fingerprint density at radius 1 is 1.26 bits per heavy atom. The van der Waals surface area contributed by atoms with E-state index in [0.717, 1.165) is 20.4 Å². The summed E-state index contributed by atoms with van der Waals surface area (Å²) < 4.78 is 2.21. The molecule has 1 aromatic carbocycles. The molecule has 0 fully saturated rings. The summed E-state index contributed by atoms with van der Waals surface area (Å²) in [7, 11) is 0. The molecule has 2 N–H and O–H groups in total. The van der Waals surface area contributed by atoms with Crippen LogP contribution >= 0.6 is 23.1 Å². The molecule has 2 aromatic heterocycles. The SMILES string of the molecule is Cc1ccnc(Sc2nc3ccccc3s2)c1CN. The van der Waals surface area contributed by atoms with Crippen LogP contribution in [0.1, 0.15) is 11.1 Å². The summed E-state index contributed by atoms with van der Waals surface area (Å²) in [5.41, 5.74) is 9.13. The van der Waals surface area contributed by atoms with Crippen LogP contribution < -0.4 is 5.73 Å². The lowest BCUT2D eigenvalue weighted by Crippen LogP contribution is -2.02. The molecule has 0 radical (unpaired) electrons. The number of benzene rings is 1. The first kappa shape index (κ1) is 12.6. The lowest BCUT2D eigenvalue weighted by Gasteiger charge is -2.07. The minimum atomic E-state index is 0.507. The lowest BCUT2D eigenvalue weighted by atomic mass is 10.2. The second kappa shape index (κ2) is 5.28. The number of para-hydroxylation sites is 1. The molecule has 0 saturated heterocycles. The number of rotatable bonds is 3. The molecular formula is C14H13N3S2. The molecule has 0 aliphatic heterocycles. The van der Waals surface area contributed by atoms with E-state index in [9.17, 15) is 0 Å². The number of pyridine rings is 1. The Morgan fingerprint density at radius 3 is 2.89 bits per heavy atom. The molecule has 0 saturated carbocycles. The molecule has 0 amide bonds. The third-order valence-electron chi connectivity index (χ3n) is 2.91. The summed E-state index contributed by atoms with van der Waals surface area (Å²) >= 11 is 3.28. The van der Waals surface area contributed by atoms with Crippen LogP contribution in [0, 0.1) is 6.92 Å². The number of hydrogen-bond acceptors (Lipinski definition) is 5. The summed E-state index contributed by atoms with van der Waals surface area (Å²) in [6, 6.07) is 10.1. The normalized spacial score (nSPS) is 11.1. The predicted octanol–water partition coefficient (Wildman–Crippen LogP) is 3.61. The van der Waals surface area contributed by atoms with Crippen molar-refractivity contribution in [3.05, 3.63) is 47.7 Å². The standard InChI is InChI=1S/C14H13N3S2/c1-9-6-7-16-13(10(9)8-15)19-14-17-11-4-2-3-5-12(11)18-14/h2-7H,8,15H2,1H3. The van der Waals surface area contributed by atoms with E-state index in [1.807, 2.05) is 30.5 Å². The molecule has 0 unspecified atom stereocenters. The van der Waals surface area contributed by atoms with Gasteiger partial charge in [0.1, 0.15) is 5.03 Å². The van der Waals surface area contributed by atoms with E-state index in [0.29, 0.717) is 6.54 Å². The van der Waals surface area contributed by atoms with E-state index in [1.54, 1.807) is 23.1 Å². The molecular weight excluding hydrogens is 274 g/mol. The maximum Gasteiger partial charge on any atom is 0.157 e. The maximum atomic E-state index is 5.81. The number of nitrogens with two attached hydrogens (primary N) is 1. The summed E-state index contributed by atoms with van der Waals surface area (Å²) in [4.78, 5) is 9.04. The average Bonchev–Trinajstić information content (AvgIpc) is 2.81. The van der Waals surface area contributed by atoms with Gasteiger partial charge in [-0.3, -0.25) is 0 Å². The Kier molecular flexibility index (Phi) is 3.50. The summed E-state index contributed by atoms with van der Waals surface area (Å²) in [5.74, 6) is 0. The van der Waals surface area contributed by atoms with Crippen LogP contribution in [-0.4, -0.2) is 9.97 Å². The molecule has 0 bridgehead atoms. The number of hydrogen-bond donors (Lipinski definition) is 1. The van der Waals surface area contributed by atoms with Crippen molar-refractivity contribution >= 4 is 33.3 Å². The van der Waals surface area contributed by atoms with Crippen LogP contribution in [0.5, 0.6) is 0 Å². The van der Waals surface area contributed by atoms with Crippen molar-refractivity contribution < 1.29 is 0 Å². The second-order valence-corrected chi connectivity index (χ2v) is 6.43. The first-order valence-electron chi connectivity index (χ1n) is 5.96. The number of nitrogens with zero attached hydrogens (tertiary/aromatic N) is 2. The first-order valence-corrected chi connectivity index (χ1v) is 7.59. The second-order valence-electron chi connectivity index (χ2n) is 4.17. The minimum absolute atomic E-state index is 0.507. The van der Waals surface area contributed by atoms with Gasteiger partial charge in [0, 0.05) is 18.3 Å². The number of aromatic nitrogens is 2. The van der Waals surface area contributed by atoms with E-state index in [4.69, 9.17) is 5.73 Å². The molecule has 3 rings (SSSR count). The molecule has 5 heteroatoms. The van der Waals surface area contributed by atoms with Crippen molar-refractivity contribution in [2.75, 3.05) is 0 Å². The summed E-state index contributed by atoms with van der Waals surface area (Å²) in [6.07, 6.45) is 1.82. The Labute approximate surface area is 119 Å². The smallest absolute Gasteiger partial charge is 0.157 e. The fourth-order valence-electron chi connectivity index (χ4n) is 1.88.